The van der Waals surface area contributed by atoms with Crippen LogP contribution < -0.4 is 5.32 Å². The van der Waals surface area contributed by atoms with E-state index in [2.05, 4.69) is 26.1 Å². The summed E-state index contributed by atoms with van der Waals surface area (Å²) in [6.07, 6.45) is 1.07. The van der Waals surface area contributed by atoms with Gasteiger partial charge >= 0.3 is 5.97 Å². The molecule has 0 aliphatic heterocycles. The maximum absolute atomic E-state index is 11.8. The van der Waals surface area contributed by atoms with Gasteiger partial charge in [0.15, 0.2) is 0 Å². The zero-order valence-electron chi connectivity index (χ0n) is 11.7. The minimum atomic E-state index is -0.266. The predicted molar refractivity (Wildman–Crippen MR) is 74.9 cm³/mol. The molecule has 0 saturated heterocycles. The van der Waals surface area contributed by atoms with Gasteiger partial charge in [-0.1, -0.05) is 26.0 Å². The summed E-state index contributed by atoms with van der Waals surface area (Å²) in [5.74, 6) is 0.361. The van der Waals surface area contributed by atoms with E-state index in [0.717, 1.165) is 12.1 Å². The molecule has 0 spiro atoms. The van der Waals surface area contributed by atoms with Crippen molar-refractivity contribution in [1.29, 1.82) is 0 Å². The first kappa shape index (κ1) is 14.6. The van der Waals surface area contributed by atoms with Crippen LogP contribution in [0.3, 0.4) is 0 Å². The molecular formula is C15H23NO2. The standard InChI is InChI=1S/C15H23NO2/c1-5-18-15(17)13-8-6-7-9-14(13)16-12(4)10-11(2)3/h6-9,11-12,16H,5,10H2,1-4H3. The van der Waals surface area contributed by atoms with Gasteiger partial charge in [0.2, 0.25) is 0 Å². The third-order valence-electron chi connectivity index (χ3n) is 2.65. The third-order valence-corrected chi connectivity index (χ3v) is 2.65. The van der Waals surface area contributed by atoms with Crippen LogP contribution in [0.25, 0.3) is 0 Å². The fourth-order valence-electron chi connectivity index (χ4n) is 2.03. The monoisotopic (exact) mass is 249 g/mol. The molecule has 0 radical (unpaired) electrons. The van der Waals surface area contributed by atoms with Crippen LogP contribution in [0, 0.1) is 5.92 Å². The third kappa shape index (κ3) is 4.40. The second kappa shape index (κ2) is 7.04. The topological polar surface area (TPSA) is 38.3 Å². The van der Waals surface area contributed by atoms with Crippen LogP contribution in [0.2, 0.25) is 0 Å². The van der Waals surface area contributed by atoms with Crippen LogP contribution in [-0.4, -0.2) is 18.6 Å². The highest BCUT2D eigenvalue weighted by atomic mass is 16.5. The van der Waals surface area contributed by atoms with E-state index in [9.17, 15) is 4.79 Å². The highest BCUT2D eigenvalue weighted by Gasteiger charge is 2.13. The van der Waals surface area contributed by atoms with Gasteiger partial charge in [0.25, 0.3) is 0 Å². The van der Waals surface area contributed by atoms with Crippen molar-refractivity contribution in [3.05, 3.63) is 29.8 Å². The molecule has 1 N–H and O–H groups in total. The Labute approximate surface area is 110 Å². The summed E-state index contributed by atoms with van der Waals surface area (Å²) in [6.45, 7) is 8.72. The lowest BCUT2D eigenvalue weighted by Crippen LogP contribution is -2.19. The van der Waals surface area contributed by atoms with Crippen LogP contribution in [0.5, 0.6) is 0 Å². The van der Waals surface area contributed by atoms with E-state index in [1.807, 2.05) is 25.1 Å². The fraction of sp³-hybridized carbons (Fsp3) is 0.533. The molecule has 0 saturated carbocycles. The predicted octanol–water partition coefficient (Wildman–Crippen LogP) is 3.71. The number of hydrogen-bond donors (Lipinski definition) is 1. The van der Waals surface area contributed by atoms with E-state index in [0.29, 0.717) is 24.1 Å². The molecule has 100 valence electrons. The average Bonchev–Trinajstić information content (AvgIpc) is 2.28. The van der Waals surface area contributed by atoms with Crippen LogP contribution in [0.1, 0.15) is 44.5 Å². The first-order valence-electron chi connectivity index (χ1n) is 6.57. The summed E-state index contributed by atoms with van der Waals surface area (Å²) < 4.78 is 5.05. The van der Waals surface area contributed by atoms with E-state index >= 15 is 0 Å². The Balaban J connectivity index is 2.79. The Bertz CT molecular complexity index is 388. The number of esters is 1. The maximum atomic E-state index is 11.8. The average molecular weight is 249 g/mol. The Kier molecular flexibility index (Phi) is 5.69. The quantitative estimate of drug-likeness (QED) is 0.781. The summed E-state index contributed by atoms with van der Waals surface area (Å²) >= 11 is 0. The number of carbonyl (C=O) groups is 1. The lowest BCUT2D eigenvalue weighted by molar-refractivity contribution is 0.0527. The number of anilines is 1. The highest BCUT2D eigenvalue weighted by Crippen LogP contribution is 2.19. The van der Waals surface area contributed by atoms with Gasteiger partial charge in [-0.05, 0) is 38.3 Å². The van der Waals surface area contributed by atoms with Gasteiger partial charge < -0.3 is 10.1 Å². The van der Waals surface area contributed by atoms with Gasteiger partial charge in [-0.3, -0.25) is 0 Å². The number of carbonyl (C=O) groups excluding carboxylic acids is 1. The minimum absolute atomic E-state index is 0.266. The summed E-state index contributed by atoms with van der Waals surface area (Å²) in [6, 6.07) is 7.82. The van der Waals surface area contributed by atoms with Crippen LogP contribution in [-0.2, 0) is 4.74 Å². The van der Waals surface area contributed by atoms with Gasteiger partial charge in [-0.25, -0.2) is 4.79 Å². The van der Waals surface area contributed by atoms with Crippen molar-refractivity contribution in [3.63, 3.8) is 0 Å². The molecule has 1 unspecified atom stereocenters. The molecule has 18 heavy (non-hydrogen) atoms. The van der Waals surface area contributed by atoms with E-state index in [1.54, 1.807) is 6.07 Å². The van der Waals surface area contributed by atoms with Gasteiger partial charge in [0.1, 0.15) is 0 Å². The summed E-state index contributed by atoms with van der Waals surface area (Å²) in [5, 5.41) is 3.38. The first-order valence-corrected chi connectivity index (χ1v) is 6.57. The first-order chi connectivity index (χ1) is 8.54. The summed E-state index contributed by atoms with van der Waals surface area (Å²) in [7, 11) is 0. The van der Waals surface area contributed by atoms with Crippen LogP contribution >= 0.6 is 0 Å². The fourth-order valence-corrected chi connectivity index (χ4v) is 2.03. The molecule has 1 aromatic carbocycles. The Morgan fingerprint density at radius 2 is 1.94 bits per heavy atom. The summed E-state index contributed by atoms with van der Waals surface area (Å²) in [4.78, 5) is 11.8. The van der Waals surface area contributed by atoms with Gasteiger partial charge in [-0.15, -0.1) is 0 Å². The smallest absolute Gasteiger partial charge is 0.340 e. The van der Waals surface area contributed by atoms with Crippen molar-refractivity contribution in [2.45, 2.75) is 40.2 Å². The van der Waals surface area contributed by atoms with Gasteiger partial charge in [-0.2, -0.15) is 0 Å². The minimum Gasteiger partial charge on any atom is -0.462 e. The molecule has 1 atom stereocenters. The molecule has 1 rings (SSSR count). The number of hydrogen-bond acceptors (Lipinski definition) is 3. The molecule has 0 bridgehead atoms. The second-order valence-electron chi connectivity index (χ2n) is 4.94. The van der Waals surface area contributed by atoms with Crippen molar-refractivity contribution in [3.8, 4) is 0 Å². The largest absolute Gasteiger partial charge is 0.462 e. The highest BCUT2D eigenvalue weighted by molar-refractivity contribution is 5.95. The Morgan fingerprint density at radius 1 is 1.28 bits per heavy atom. The molecule has 0 aliphatic carbocycles. The van der Waals surface area contributed by atoms with Gasteiger partial charge in [0.05, 0.1) is 12.2 Å². The van der Waals surface area contributed by atoms with E-state index in [4.69, 9.17) is 4.74 Å². The molecule has 0 heterocycles. The Morgan fingerprint density at radius 3 is 2.56 bits per heavy atom. The number of nitrogens with one attached hydrogen (secondary N) is 1. The molecule has 0 aromatic heterocycles. The maximum Gasteiger partial charge on any atom is 0.340 e. The van der Waals surface area contributed by atoms with Crippen molar-refractivity contribution in [1.82, 2.24) is 0 Å². The van der Waals surface area contributed by atoms with Crippen molar-refractivity contribution < 1.29 is 9.53 Å². The van der Waals surface area contributed by atoms with E-state index in [1.165, 1.54) is 0 Å². The lowest BCUT2D eigenvalue weighted by atomic mass is 10.0. The number of para-hydroxylation sites is 1. The normalized spacial score (nSPS) is 12.3. The van der Waals surface area contributed by atoms with Crippen molar-refractivity contribution >= 4 is 11.7 Å². The molecule has 3 heteroatoms. The van der Waals surface area contributed by atoms with E-state index in [-0.39, 0.29) is 5.97 Å². The Hall–Kier alpha value is -1.51. The number of rotatable bonds is 6. The van der Waals surface area contributed by atoms with Crippen molar-refractivity contribution in [2.24, 2.45) is 5.92 Å². The second-order valence-corrected chi connectivity index (χ2v) is 4.94. The SMILES string of the molecule is CCOC(=O)c1ccccc1NC(C)CC(C)C. The zero-order chi connectivity index (χ0) is 13.5. The molecule has 0 aliphatic rings. The molecular weight excluding hydrogens is 226 g/mol. The zero-order valence-corrected chi connectivity index (χ0v) is 11.7. The molecule has 3 nitrogen and oxygen atoms in total. The number of ether oxygens (including phenoxy) is 1. The van der Waals surface area contributed by atoms with E-state index < -0.39 is 0 Å². The van der Waals surface area contributed by atoms with Gasteiger partial charge in [0, 0.05) is 11.7 Å². The lowest BCUT2D eigenvalue weighted by Gasteiger charge is -2.19. The van der Waals surface area contributed by atoms with Crippen LogP contribution in [0.15, 0.2) is 24.3 Å². The number of benzene rings is 1. The summed E-state index contributed by atoms with van der Waals surface area (Å²) in [5.41, 5.74) is 1.46. The van der Waals surface area contributed by atoms with Crippen molar-refractivity contribution in [2.75, 3.05) is 11.9 Å². The molecule has 0 fully saturated rings. The molecule has 0 amide bonds. The van der Waals surface area contributed by atoms with Crippen LogP contribution in [0.4, 0.5) is 5.69 Å². The molecule has 1 aromatic rings.